The number of para-hydroxylation sites is 4. The third-order valence-electron chi connectivity index (χ3n) is 12.8. The summed E-state index contributed by atoms with van der Waals surface area (Å²) in [5.74, 6) is 1.86. The molecular weight excluding hydrogens is 803 g/mol. The summed E-state index contributed by atoms with van der Waals surface area (Å²) in [6.07, 6.45) is 0. The molecule has 0 aliphatic heterocycles. The van der Waals surface area contributed by atoms with Crippen LogP contribution in [0.1, 0.15) is 0 Å². The molecule has 9 aromatic carbocycles. The van der Waals surface area contributed by atoms with E-state index < -0.39 is 0 Å². The number of nitrogens with zero attached hydrogens (tertiary/aromatic N) is 5. The first-order chi connectivity index (χ1) is 31.7. The Morgan fingerprint density at radius 1 is 0.375 bits per heavy atom. The molecule has 0 N–H and O–H groups in total. The maximum absolute atomic E-state index is 6.61. The fourth-order valence-corrected chi connectivity index (χ4v) is 11.1. The van der Waals surface area contributed by atoms with Gasteiger partial charge in [0, 0.05) is 75.9 Å². The number of furan rings is 1. The van der Waals surface area contributed by atoms with E-state index in [9.17, 15) is 0 Å². The van der Waals surface area contributed by atoms with Crippen molar-refractivity contribution in [1.82, 2.24) is 24.1 Å². The second-order valence-electron chi connectivity index (χ2n) is 16.3. The Morgan fingerprint density at radius 2 is 0.891 bits per heavy atom. The van der Waals surface area contributed by atoms with Gasteiger partial charge in [-0.25, -0.2) is 15.0 Å². The van der Waals surface area contributed by atoms with Gasteiger partial charge >= 0.3 is 0 Å². The van der Waals surface area contributed by atoms with E-state index in [0.717, 1.165) is 76.5 Å². The van der Waals surface area contributed by atoms with Crippen LogP contribution in [0.5, 0.6) is 0 Å². The highest BCUT2D eigenvalue weighted by Gasteiger charge is 2.23. The SMILES string of the molecule is c1ccc(-c2nc(-c3ccc(-n4c5ccccc5c5cc6c(cc54)c4ccccc4n6-c4ccccc4)cc3)nc(-c3cc4c5ccccc5oc4c4c3sc3ccccc34)n2)cc1. The standard InChI is InChI=1S/C57H33N5OS/c1-3-15-34(16-4-1)55-58-56(60-57(59-55)45-31-44-40-21-9-13-25-50(40)63-53(44)52-41-22-10-14-26-51(41)64-54(45)52)35-27-29-37(30-28-35)62-47-24-12-8-20-39(47)43-32-48-42(33-49(43)62)38-19-7-11-23-46(38)61(48)36-17-5-2-6-18-36/h1-33H. The number of thiophene rings is 1. The maximum Gasteiger partial charge on any atom is 0.165 e. The van der Waals surface area contributed by atoms with Crippen molar-refractivity contribution in [1.29, 1.82) is 0 Å². The summed E-state index contributed by atoms with van der Waals surface area (Å²) >= 11 is 1.75. The van der Waals surface area contributed by atoms with Gasteiger partial charge in [-0.05, 0) is 78.9 Å². The Morgan fingerprint density at radius 3 is 1.56 bits per heavy atom. The highest BCUT2D eigenvalue weighted by Crippen LogP contribution is 2.47. The molecule has 14 rings (SSSR count). The molecule has 0 radical (unpaired) electrons. The first kappa shape index (κ1) is 35.2. The molecule has 0 spiro atoms. The smallest absolute Gasteiger partial charge is 0.165 e. The third kappa shape index (κ3) is 5.16. The van der Waals surface area contributed by atoms with Crippen LogP contribution in [0.2, 0.25) is 0 Å². The Bertz CT molecular complexity index is 4180. The lowest BCUT2D eigenvalue weighted by Crippen LogP contribution is -2.01. The van der Waals surface area contributed by atoms with Gasteiger partial charge < -0.3 is 13.6 Å². The number of hydrogen-bond donors (Lipinski definition) is 0. The van der Waals surface area contributed by atoms with E-state index in [0.29, 0.717) is 17.5 Å². The lowest BCUT2D eigenvalue weighted by molar-refractivity contribution is 0.673. The van der Waals surface area contributed by atoms with Crippen molar-refractivity contribution < 1.29 is 4.42 Å². The highest BCUT2D eigenvalue weighted by atomic mass is 32.1. The monoisotopic (exact) mass is 835 g/mol. The molecule has 0 saturated heterocycles. The molecule has 0 saturated carbocycles. The molecule has 0 atom stereocenters. The van der Waals surface area contributed by atoms with Crippen LogP contribution in [0.3, 0.4) is 0 Å². The topological polar surface area (TPSA) is 61.7 Å². The molecule has 5 heterocycles. The Labute approximate surface area is 369 Å². The largest absolute Gasteiger partial charge is 0.455 e. The Kier molecular flexibility index (Phi) is 7.46. The van der Waals surface area contributed by atoms with Crippen LogP contribution < -0.4 is 0 Å². The summed E-state index contributed by atoms with van der Waals surface area (Å²) in [6.45, 7) is 0. The summed E-state index contributed by atoms with van der Waals surface area (Å²) in [7, 11) is 0. The quantitative estimate of drug-likeness (QED) is 0.173. The average molecular weight is 836 g/mol. The average Bonchev–Trinajstić information content (AvgIpc) is 4.11. The molecule has 64 heavy (non-hydrogen) atoms. The van der Waals surface area contributed by atoms with Gasteiger partial charge in [0.25, 0.3) is 0 Å². The number of aromatic nitrogens is 5. The van der Waals surface area contributed by atoms with E-state index >= 15 is 0 Å². The van der Waals surface area contributed by atoms with Gasteiger partial charge in [-0.1, -0.05) is 121 Å². The number of rotatable bonds is 5. The predicted molar refractivity (Wildman–Crippen MR) is 265 cm³/mol. The molecule has 6 nitrogen and oxygen atoms in total. The van der Waals surface area contributed by atoms with Crippen LogP contribution in [0.25, 0.3) is 131 Å². The van der Waals surface area contributed by atoms with E-state index in [2.05, 4.69) is 179 Å². The molecule has 0 aliphatic carbocycles. The fraction of sp³-hybridized carbons (Fsp3) is 0. The zero-order valence-corrected chi connectivity index (χ0v) is 34.9. The third-order valence-corrected chi connectivity index (χ3v) is 14.0. The fourth-order valence-electron chi connectivity index (χ4n) is 9.90. The molecule has 0 bridgehead atoms. The zero-order valence-electron chi connectivity index (χ0n) is 34.1. The van der Waals surface area contributed by atoms with Gasteiger partial charge in [0.05, 0.1) is 26.8 Å². The first-order valence-electron chi connectivity index (χ1n) is 21.4. The molecule has 7 heteroatoms. The normalized spacial score (nSPS) is 12.1. The van der Waals surface area contributed by atoms with Crippen LogP contribution in [0.15, 0.2) is 205 Å². The van der Waals surface area contributed by atoms with Gasteiger partial charge in [0.1, 0.15) is 11.2 Å². The minimum Gasteiger partial charge on any atom is -0.455 e. The van der Waals surface area contributed by atoms with Crippen molar-refractivity contribution in [3.05, 3.63) is 200 Å². The molecule has 298 valence electrons. The van der Waals surface area contributed by atoms with Crippen LogP contribution in [-0.4, -0.2) is 24.1 Å². The zero-order chi connectivity index (χ0) is 41.9. The molecule has 5 aromatic heterocycles. The minimum absolute atomic E-state index is 0.611. The second-order valence-corrected chi connectivity index (χ2v) is 17.4. The van der Waals surface area contributed by atoms with Gasteiger partial charge in [-0.3, -0.25) is 0 Å². The van der Waals surface area contributed by atoms with Crippen molar-refractivity contribution in [2.75, 3.05) is 0 Å². The summed E-state index contributed by atoms with van der Waals surface area (Å²) in [6, 6.07) is 70.7. The van der Waals surface area contributed by atoms with E-state index in [-0.39, 0.29) is 0 Å². The number of fused-ring (bicyclic) bond motifs is 13. The van der Waals surface area contributed by atoms with Crippen LogP contribution in [0, 0.1) is 0 Å². The molecule has 0 unspecified atom stereocenters. The van der Waals surface area contributed by atoms with Gasteiger partial charge in [0.15, 0.2) is 17.5 Å². The highest BCUT2D eigenvalue weighted by molar-refractivity contribution is 7.26. The second kappa shape index (κ2) is 13.6. The Balaban J connectivity index is 0.968. The first-order valence-corrected chi connectivity index (χ1v) is 22.3. The number of benzene rings is 9. The molecule has 0 amide bonds. The van der Waals surface area contributed by atoms with E-state index in [1.165, 1.54) is 37.3 Å². The van der Waals surface area contributed by atoms with Crippen molar-refractivity contribution in [3.8, 4) is 45.5 Å². The molecule has 14 aromatic rings. The van der Waals surface area contributed by atoms with E-state index in [1.54, 1.807) is 11.3 Å². The minimum atomic E-state index is 0.611. The summed E-state index contributed by atoms with van der Waals surface area (Å²) in [5.41, 5.74) is 11.4. The van der Waals surface area contributed by atoms with Crippen molar-refractivity contribution in [2.45, 2.75) is 0 Å². The summed E-state index contributed by atoms with van der Waals surface area (Å²) < 4.78 is 13.7. The van der Waals surface area contributed by atoms with Gasteiger partial charge in [0.2, 0.25) is 0 Å². The van der Waals surface area contributed by atoms with Crippen molar-refractivity contribution in [2.24, 2.45) is 0 Å². The molecular formula is C57H33N5OS. The van der Waals surface area contributed by atoms with Gasteiger partial charge in [-0.15, -0.1) is 11.3 Å². The summed E-state index contributed by atoms with van der Waals surface area (Å²) in [4.78, 5) is 15.7. The van der Waals surface area contributed by atoms with Crippen LogP contribution in [0.4, 0.5) is 0 Å². The van der Waals surface area contributed by atoms with Crippen molar-refractivity contribution >= 4 is 97.1 Å². The lowest BCUT2D eigenvalue weighted by atomic mass is 10.0. The van der Waals surface area contributed by atoms with E-state index in [1.807, 2.05) is 30.3 Å². The van der Waals surface area contributed by atoms with Gasteiger partial charge in [-0.2, -0.15) is 0 Å². The van der Waals surface area contributed by atoms with E-state index in [4.69, 9.17) is 19.4 Å². The predicted octanol–water partition coefficient (Wildman–Crippen LogP) is 15.3. The lowest BCUT2D eigenvalue weighted by Gasteiger charge is -2.11. The molecule has 0 fully saturated rings. The maximum atomic E-state index is 6.61. The van der Waals surface area contributed by atoms with Crippen molar-refractivity contribution in [3.63, 3.8) is 0 Å². The van der Waals surface area contributed by atoms with Crippen LogP contribution in [-0.2, 0) is 0 Å². The Hall–Kier alpha value is -8.39. The number of hydrogen-bond acceptors (Lipinski definition) is 5. The molecule has 0 aliphatic rings. The van der Waals surface area contributed by atoms with Crippen LogP contribution >= 0.6 is 11.3 Å². The summed E-state index contributed by atoms with van der Waals surface area (Å²) in [5, 5.41) is 9.21.